The van der Waals surface area contributed by atoms with Gasteiger partial charge in [0, 0.05) is 35.1 Å². The summed E-state index contributed by atoms with van der Waals surface area (Å²) in [5, 5.41) is 3.48. The predicted molar refractivity (Wildman–Crippen MR) is 106 cm³/mol. The number of nitrogens with one attached hydrogen (secondary N) is 1. The van der Waals surface area contributed by atoms with Gasteiger partial charge in [-0.3, -0.25) is 9.59 Å². The quantitative estimate of drug-likeness (QED) is 0.668. The molecule has 1 N–H and O–H groups in total. The molecule has 144 valence electrons. The summed E-state index contributed by atoms with van der Waals surface area (Å²) in [7, 11) is 0. The van der Waals surface area contributed by atoms with Crippen molar-refractivity contribution in [2.24, 2.45) is 0 Å². The van der Waals surface area contributed by atoms with Crippen LogP contribution < -0.4 is 5.32 Å². The molecule has 7 heteroatoms. The zero-order valence-corrected chi connectivity index (χ0v) is 15.8. The van der Waals surface area contributed by atoms with Crippen LogP contribution >= 0.6 is 11.3 Å². The smallest absolute Gasteiger partial charge is 0.263 e. The Morgan fingerprint density at radius 1 is 0.929 bits per heavy atom. The van der Waals surface area contributed by atoms with Gasteiger partial charge in [0.1, 0.15) is 11.6 Å². The molecule has 0 aliphatic carbocycles. The molecule has 1 aromatic heterocycles. The molecule has 0 atom stereocenters. The second kappa shape index (κ2) is 7.67. The van der Waals surface area contributed by atoms with Crippen molar-refractivity contribution in [3.63, 3.8) is 0 Å². The van der Waals surface area contributed by atoms with Crippen LogP contribution in [0.1, 0.15) is 39.3 Å². The van der Waals surface area contributed by atoms with E-state index < -0.39 is 17.5 Å². The molecule has 1 saturated heterocycles. The molecule has 1 fully saturated rings. The highest BCUT2D eigenvalue weighted by Gasteiger charge is 2.20. The van der Waals surface area contributed by atoms with E-state index in [0.29, 0.717) is 10.6 Å². The molecule has 0 saturated carbocycles. The molecule has 0 bridgehead atoms. The molecular weight excluding hydrogens is 382 g/mol. The van der Waals surface area contributed by atoms with Gasteiger partial charge in [0.05, 0.1) is 4.88 Å². The first-order valence-corrected chi connectivity index (χ1v) is 9.91. The number of hydrogen-bond donors (Lipinski definition) is 1. The number of rotatable bonds is 3. The van der Waals surface area contributed by atoms with Crippen LogP contribution in [0.25, 0.3) is 10.1 Å². The number of thiophene rings is 1. The van der Waals surface area contributed by atoms with Crippen LogP contribution in [-0.2, 0) is 0 Å². The Labute approximate surface area is 164 Å². The predicted octanol–water partition coefficient (Wildman–Crippen LogP) is 5.06. The monoisotopic (exact) mass is 400 g/mol. The molecule has 0 spiro atoms. The number of nitrogens with zero attached hydrogens (tertiary/aromatic N) is 1. The minimum absolute atomic E-state index is 0.0433. The Bertz CT molecular complexity index is 1040. The van der Waals surface area contributed by atoms with Crippen LogP contribution in [0.5, 0.6) is 0 Å². The molecule has 4 rings (SSSR count). The fraction of sp³-hybridized carbons (Fsp3) is 0.238. The highest BCUT2D eigenvalue weighted by Crippen LogP contribution is 2.30. The van der Waals surface area contributed by atoms with Crippen LogP contribution in [0.2, 0.25) is 0 Å². The fourth-order valence-electron chi connectivity index (χ4n) is 3.37. The van der Waals surface area contributed by atoms with E-state index in [2.05, 4.69) is 5.32 Å². The normalized spacial score (nSPS) is 14.3. The summed E-state index contributed by atoms with van der Waals surface area (Å²) in [5.74, 6) is -2.17. The summed E-state index contributed by atoms with van der Waals surface area (Å²) in [4.78, 5) is 27.5. The number of likely N-dealkylation sites (tertiary alicyclic amines) is 1. The molecule has 28 heavy (non-hydrogen) atoms. The Morgan fingerprint density at radius 3 is 2.36 bits per heavy atom. The maximum Gasteiger partial charge on any atom is 0.263 e. The molecule has 0 radical (unpaired) electrons. The van der Waals surface area contributed by atoms with E-state index in [9.17, 15) is 18.4 Å². The summed E-state index contributed by atoms with van der Waals surface area (Å²) >= 11 is 1.42. The number of amides is 2. The summed E-state index contributed by atoms with van der Waals surface area (Å²) in [6.07, 6.45) is 3.23. The van der Waals surface area contributed by atoms with Crippen LogP contribution in [0.3, 0.4) is 0 Å². The van der Waals surface area contributed by atoms with Gasteiger partial charge in [0.2, 0.25) is 0 Å². The van der Waals surface area contributed by atoms with Gasteiger partial charge >= 0.3 is 0 Å². The lowest BCUT2D eigenvalue weighted by Crippen LogP contribution is -2.35. The summed E-state index contributed by atoms with van der Waals surface area (Å²) in [6.45, 7) is 1.58. The highest BCUT2D eigenvalue weighted by molar-refractivity contribution is 7.20. The Hall–Kier alpha value is -2.80. The zero-order valence-electron chi connectivity index (χ0n) is 15.0. The van der Waals surface area contributed by atoms with E-state index >= 15 is 0 Å². The topological polar surface area (TPSA) is 49.4 Å². The lowest BCUT2D eigenvalue weighted by Gasteiger charge is -2.26. The second-order valence-electron chi connectivity index (χ2n) is 6.83. The third kappa shape index (κ3) is 3.89. The van der Waals surface area contributed by atoms with Crippen molar-refractivity contribution in [3.05, 3.63) is 64.5 Å². The first-order chi connectivity index (χ1) is 13.5. The van der Waals surface area contributed by atoms with E-state index in [4.69, 9.17) is 0 Å². The SMILES string of the molecule is O=C(Nc1ccc2sc(C(=O)N3CCCCC3)cc2c1)c1cc(F)cc(F)c1. The third-order valence-corrected chi connectivity index (χ3v) is 5.86. The van der Waals surface area contributed by atoms with Crippen molar-refractivity contribution < 1.29 is 18.4 Å². The number of benzene rings is 2. The maximum atomic E-state index is 13.3. The lowest BCUT2D eigenvalue weighted by atomic mass is 10.1. The molecule has 1 aliphatic rings. The number of piperidine rings is 1. The van der Waals surface area contributed by atoms with Gasteiger partial charge < -0.3 is 10.2 Å². The Balaban J connectivity index is 1.54. The van der Waals surface area contributed by atoms with Gasteiger partial charge in [-0.05, 0) is 61.0 Å². The number of carbonyl (C=O) groups excluding carboxylic acids is 2. The first kappa shape index (κ1) is 18.6. The van der Waals surface area contributed by atoms with Crippen LogP contribution in [0, 0.1) is 11.6 Å². The number of fused-ring (bicyclic) bond motifs is 1. The summed E-state index contributed by atoms with van der Waals surface area (Å²) in [5.41, 5.74) is 0.404. The van der Waals surface area contributed by atoms with Crippen molar-refractivity contribution in [2.45, 2.75) is 19.3 Å². The number of hydrogen-bond acceptors (Lipinski definition) is 3. The van der Waals surface area contributed by atoms with Crippen LogP contribution in [0.15, 0.2) is 42.5 Å². The van der Waals surface area contributed by atoms with Crippen molar-refractivity contribution >= 4 is 38.9 Å². The van der Waals surface area contributed by atoms with Crippen molar-refractivity contribution in [3.8, 4) is 0 Å². The molecule has 2 amide bonds. The third-order valence-electron chi connectivity index (χ3n) is 4.75. The average molecular weight is 400 g/mol. The largest absolute Gasteiger partial charge is 0.338 e. The second-order valence-corrected chi connectivity index (χ2v) is 7.91. The lowest BCUT2D eigenvalue weighted by molar-refractivity contribution is 0.0729. The summed E-state index contributed by atoms with van der Waals surface area (Å²) in [6, 6.07) is 9.81. The van der Waals surface area contributed by atoms with Crippen LogP contribution in [0.4, 0.5) is 14.5 Å². The Kier molecular flexibility index (Phi) is 5.09. The van der Waals surface area contributed by atoms with Gasteiger partial charge in [0.15, 0.2) is 0 Å². The van der Waals surface area contributed by atoms with E-state index in [1.807, 2.05) is 17.0 Å². The molecule has 1 aliphatic heterocycles. The average Bonchev–Trinajstić information content (AvgIpc) is 3.10. The number of carbonyl (C=O) groups is 2. The molecule has 2 aromatic carbocycles. The van der Waals surface area contributed by atoms with Crippen molar-refractivity contribution in [2.75, 3.05) is 18.4 Å². The van der Waals surface area contributed by atoms with E-state index in [1.165, 1.54) is 11.3 Å². The van der Waals surface area contributed by atoms with E-state index in [0.717, 1.165) is 60.6 Å². The molecular formula is C21H18F2N2O2S. The van der Waals surface area contributed by atoms with Gasteiger partial charge in [-0.15, -0.1) is 11.3 Å². The highest BCUT2D eigenvalue weighted by atomic mass is 32.1. The fourth-order valence-corrected chi connectivity index (χ4v) is 4.38. The standard InChI is InChI=1S/C21H18F2N2O2S/c22-15-8-14(9-16(23)12-15)20(26)24-17-4-5-18-13(10-17)11-19(28-18)21(27)25-6-2-1-3-7-25/h4-5,8-12H,1-3,6-7H2,(H,24,26). The molecule has 2 heterocycles. The van der Waals surface area contributed by atoms with Gasteiger partial charge in [-0.2, -0.15) is 0 Å². The maximum absolute atomic E-state index is 13.3. The summed E-state index contributed by atoms with van der Waals surface area (Å²) < 4.78 is 27.6. The minimum Gasteiger partial charge on any atom is -0.338 e. The minimum atomic E-state index is -0.806. The van der Waals surface area contributed by atoms with Gasteiger partial charge in [-0.1, -0.05) is 0 Å². The van der Waals surface area contributed by atoms with E-state index in [1.54, 1.807) is 12.1 Å². The van der Waals surface area contributed by atoms with Crippen molar-refractivity contribution in [1.82, 2.24) is 4.90 Å². The van der Waals surface area contributed by atoms with E-state index in [-0.39, 0.29) is 11.5 Å². The zero-order chi connectivity index (χ0) is 19.7. The molecule has 4 nitrogen and oxygen atoms in total. The van der Waals surface area contributed by atoms with Gasteiger partial charge in [0.25, 0.3) is 11.8 Å². The molecule has 0 unspecified atom stereocenters. The molecule has 3 aromatic rings. The van der Waals surface area contributed by atoms with Crippen molar-refractivity contribution in [1.29, 1.82) is 0 Å². The van der Waals surface area contributed by atoms with Gasteiger partial charge in [-0.25, -0.2) is 8.78 Å². The first-order valence-electron chi connectivity index (χ1n) is 9.10. The van der Waals surface area contributed by atoms with Crippen LogP contribution in [-0.4, -0.2) is 29.8 Å². The Morgan fingerprint density at radius 2 is 1.64 bits per heavy atom. The number of anilines is 1. The number of halogens is 2.